The van der Waals surface area contributed by atoms with Gasteiger partial charge in [0.25, 0.3) is 5.91 Å². The first-order chi connectivity index (χ1) is 10.2. The van der Waals surface area contributed by atoms with Gasteiger partial charge in [-0.2, -0.15) is 0 Å². The van der Waals surface area contributed by atoms with Crippen molar-refractivity contribution in [1.29, 1.82) is 0 Å². The molecule has 0 saturated carbocycles. The third-order valence-corrected chi connectivity index (χ3v) is 3.82. The highest BCUT2D eigenvalue weighted by Crippen LogP contribution is 2.22. The molecule has 0 aliphatic carbocycles. The number of nitrogens with zero attached hydrogens (tertiary/aromatic N) is 1. The Morgan fingerprint density at radius 3 is 2.95 bits per heavy atom. The summed E-state index contributed by atoms with van der Waals surface area (Å²) in [6.45, 7) is 3.32. The van der Waals surface area contributed by atoms with Crippen LogP contribution in [0.2, 0.25) is 0 Å². The van der Waals surface area contributed by atoms with Crippen LogP contribution in [0.1, 0.15) is 34.3 Å². The first-order valence-electron chi connectivity index (χ1n) is 7.26. The molecule has 2 N–H and O–H groups in total. The number of aryl methyl sites for hydroxylation is 1. The molecule has 0 aromatic heterocycles. The molecule has 1 saturated heterocycles. The van der Waals surface area contributed by atoms with Crippen molar-refractivity contribution in [3.05, 3.63) is 34.9 Å². The number of hydrogen-bond donors (Lipinski definition) is 2. The predicted molar refractivity (Wildman–Crippen MR) is 80.9 cm³/mol. The maximum absolute atomic E-state index is 12.7. The van der Waals surface area contributed by atoms with Gasteiger partial charge in [-0.25, -0.2) is 0 Å². The second-order valence-electron chi connectivity index (χ2n) is 5.43. The molecule has 1 aromatic carbocycles. The van der Waals surface area contributed by atoms with Gasteiger partial charge in [-0.1, -0.05) is 23.5 Å². The summed E-state index contributed by atoms with van der Waals surface area (Å²) in [6.07, 6.45) is 1.69. The zero-order valence-corrected chi connectivity index (χ0v) is 12.3. The molecule has 1 aliphatic rings. The topological polar surface area (TPSA) is 60.8 Å². The van der Waals surface area contributed by atoms with Gasteiger partial charge in [-0.05, 0) is 37.8 Å². The van der Waals surface area contributed by atoms with E-state index >= 15 is 0 Å². The molecule has 0 radical (unpaired) electrons. The van der Waals surface area contributed by atoms with E-state index in [0.717, 1.165) is 24.9 Å². The van der Waals surface area contributed by atoms with Crippen molar-refractivity contribution in [2.24, 2.45) is 5.92 Å². The van der Waals surface area contributed by atoms with Crippen molar-refractivity contribution in [3.63, 3.8) is 0 Å². The first kappa shape index (κ1) is 15.6. The minimum absolute atomic E-state index is 0.0126. The van der Waals surface area contributed by atoms with Crippen LogP contribution in [-0.2, 0) is 0 Å². The van der Waals surface area contributed by atoms with Gasteiger partial charge in [0.2, 0.25) is 0 Å². The molecule has 4 nitrogen and oxygen atoms in total. The Labute approximate surface area is 125 Å². The van der Waals surface area contributed by atoms with Crippen LogP contribution in [0.15, 0.2) is 18.2 Å². The zero-order valence-electron chi connectivity index (χ0n) is 12.3. The van der Waals surface area contributed by atoms with Crippen LogP contribution in [0.5, 0.6) is 0 Å². The summed E-state index contributed by atoms with van der Waals surface area (Å²) in [4.78, 5) is 14.5. The van der Waals surface area contributed by atoms with Crippen molar-refractivity contribution < 1.29 is 15.0 Å². The average Bonchev–Trinajstić information content (AvgIpc) is 2.94. The fourth-order valence-electron chi connectivity index (χ4n) is 2.68. The lowest BCUT2D eigenvalue weighted by Gasteiger charge is -2.18. The number of benzene rings is 1. The average molecular weight is 287 g/mol. The minimum atomic E-state index is -0.218. The van der Waals surface area contributed by atoms with Gasteiger partial charge in [0, 0.05) is 25.3 Å². The van der Waals surface area contributed by atoms with Gasteiger partial charge >= 0.3 is 0 Å². The van der Waals surface area contributed by atoms with Crippen LogP contribution in [0.25, 0.3) is 0 Å². The minimum Gasteiger partial charge on any atom is -0.396 e. The van der Waals surface area contributed by atoms with Crippen LogP contribution >= 0.6 is 0 Å². The smallest absolute Gasteiger partial charge is 0.255 e. The van der Waals surface area contributed by atoms with Crippen LogP contribution < -0.4 is 0 Å². The molecule has 1 aliphatic heterocycles. The van der Waals surface area contributed by atoms with E-state index in [4.69, 9.17) is 10.2 Å². The summed E-state index contributed by atoms with van der Waals surface area (Å²) in [5, 5.41) is 17.8. The molecule has 1 aromatic rings. The number of likely N-dealkylation sites (tertiary alicyclic amines) is 1. The second kappa shape index (κ2) is 7.26. The number of aliphatic hydroxyl groups excluding tert-OH is 2. The van der Waals surface area contributed by atoms with E-state index in [0.29, 0.717) is 23.6 Å². The zero-order chi connectivity index (χ0) is 15.2. The number of amides is 1. The number of carbonyl (C=O) groups is 1. The standard InChI is InChI=1S/C17H21NO3/c1-13-4-5-15(3-2-9-19)16(11-13)17(21)18-8-6-14(12-18)7-10-20/h4-5,11,14,19-20H,6-10,12H2,1H3. The van der Waals surface area contributed by atoms with Crippen LogP contribution in [0, 0.1) is 24.7 Å². The summed E-state index contributed by atoms with van der Waals surface area (Å²) >= 11 is 0. The van der Waals surface area contributed by atoms with E-state index in [9.17, 15) is 4.79 Å². The molecular formula is C17H21NO3. The normalized spacial score (nSPS) is 17.5. The quantitative estimate of drug-likeness (QED) is 0.821. The number of rotatable bonds is 3. The Morgan fingerprint density at radius 2 is 2.24 bits per heavy atom. The van der Waals surface area contributed by atoms with Crippen LogP contribution in [0.4, 0.5) is 0 Å². The largest absolute Gasteiger partial charge is 0.396 e. The maximum atomic E-state index is 12.7. The van der Waals surface area contributed by atoms with Gasteiger partial charge < -0.3 is 15.1 Å². The molecule has 21 heavy (non-hydrogen) atoms. The Bertz CT molecular complexity index is 571. The van der Waals surface area contributed by atoms with Crippen molar-refractivity contribution in [2.45, 2.75) is 19.8 Å². The van der Waals surface area contributed by atoms with Gasteiger partial charge in [0.05, 0.1) is 5.56 Å². The second-order valence-corrected chi connectivity index (χ2v) is 5.43. The van der Waals surface area contributed by atoms with Crippen molar-refractivity contribution in [1.82, 2.24) is 4.90 Å². The molecule has 1 fully saturated rings. The third kappa shape index (κ3) is 3.84. The third-order valence-electron chi connectivity index (χ3n) is 3.82. The Kier molecular flexibility index (Phi) is 5.38. The number of aliphatic hydroxyl groups is 2. The highest BCUT2D eigenvalue weighted by atomic mass is 16.3. The molecule has 1 atom stereocenters. The van der Waals surface area contributed by atoms with E-state index in [-0.39, 0.29) is 19.1 Å². The van der Waals surface area contributed by atoms with E-state index < -0.39 is 0 Å². The Balaban J connectivity index is 2.21. The molecule has 0 bridgehead atoms. The van der Waals surface area contributed by atoms with E-state index in [2.05, 4.69) is 11.8 Å². The predicted octanol–water partition coefficient (Wildman–Crippen LogP) is 1.18. The van der Waals surface area contributed by atoms with Crippen LogP contribution in [0.3, 0.4) is 0 Å². The highest BCUT2D eigenvalue weighted by Gasteiger charge is 2.27. The molecule has 1 amide bonds. The molecule has 4 heteroatoms. The molecule has 112 valence electrons. The lowest BCUT2D eigenvalue weighted by molar-refractivity contribution is 0.0784. The molecule has 0 spiro atoms. The summed E-state index contributed by atoms with van der Waals surface area (Å²) in [6, 6.07) is 5.59. The van der Waals surface area contributed by atoms with Crippen molar-refractivity contribution >= 4 is 5.91 Å². The number of carbonyl (C=O) groups excluding carboxylic acids is 1. The molecule has 1 heterocycles. The van der Waals surface area contributed by atoms with E-state index in [1.165, 1.54) is 0 Å². The van der Waals surface area contributed by atoms with Gasteiger partial charge in [-0.3, -0.25) is 4.79 Å². The summed E-state index contributed by atoms with van der Waals surface area (Å²) in [7, 11) is 0. The van der Waals surface area contributed by atoms with Crippen LogP contribution in [-0.4, -0.2) is 47.3 Å². The Hall–Kier alpha value is -1.83. The van der Waals surface area contributed by atoms with E-state index in [1.54, 1.807) is 0 Å². The lowest BCUT2D eigenvalue weighted by atomic mass is 10.0. The summed E-state index contributed by atoms with van der Waals surface area (Å²) in [5.74, 6) is 5.82. The molecule has 2 rings (SSSR count). The maximum Gasteiger partial charge on any atom is 0.255 e. The van der Waals surface area contributed by atoms with Crippen molar-refractivity contribution in [2.75, 3.05) is 26.3 Å². The molecule has 1 unspecified atom stereocenters. The summed E-state index contributed by atoms with van der Waals surface area (Å²) < 4.78 is 0. The van der Waals surface area contributed by atoms with Gasteiger partial charge in [0.1, 0.15) is 6.61 Å². The number of hydrogen-bond acceptors (Lipinski definition) is 3. The monoisotopic (exact) mass is 287 g/mol. The molecular weight excluding hydrogens is 266 g/mol. The van der Waals surface area contributed by atoms with E-state index in [1.807, 2.05) is 30.0 Å². The Morgan fingerprint density at radius 1 is 1.43 bits per heavy atom. The fraction of sp³-hybridized carbons (Fsp3) is 0.471. The lowest BCUT2D eigenvalue weighted by Crippen LogP contribution is -2.29. The van der Waals surface area contributed by atoms with Crippen molar-refractivity contribution in [3.8, 4) is 11.8 Å². The van der Waals surface area contributed by atoms with Gasteiger partial charge in [-0.15, -0.1) is 0 Å². The first-order valence-corrected chi connectivity index (χ1v) is 7.26. The SMILES string of the molecule is Cc1ccc(C#CCO)c(C(=O)N2CCC(CCO)C2)c1. The highest BCUT2D eigenvalue weighted by molar-refractivity contribution is 5.97. The summed E-state index contributed by atoms with van der Waals surface area (Å²) in [5.41, 5.74) is 2.27. The van der Waals surface area contributed by atoms with Gasteiger partial charge in [0.15, 0.2) is 0 Å². The fourth-order valence-corrected chi connectivity index (χ4v) is 2.68.